The molecule has 1 N–H and O–H groups in total. The van der Waals surface area contributed by atoms with Crippen LogP contribution in [0.1, 0.15) is 22.7 Å². The van der Waals surface area contributed by atoms with Gasteiger partial charge in [0.1, 0.15) is 11.6 Å². The maximum atomic E-state index is 14.2. The number of ether oxygens (including phenoxy) is 2. The number of urea groups is 1. The Hall–Kier alpha value is -3.32. The first-order valence-electron chi connectivity index (χ1n) is 9.94. The molecule has 32 heavy (non-hydrogen) atoms. The Labute approximate surface area is 189 Å². The first kappa shape index (κ1) is 21.9. The van der Waals surface area contributed by atoms with Crippen LogP contribution in [0.5, 0.6) is 11.5 Å². The number of fused-ring (bicyclic) bond motifs is 1. The molecule has 0 saturated heterocycles. The average Bonchev–Trinajstić information content (AvgIpc) is 2.80. The Morgan fingerprint density at radius 2 is 1.75 bits per heavy atom. The van der Waals surface area contributed by atoms with E-state index in [0.717, 1.165) is 29.3 Å². The summed E-state index contributed by atoms with van der Waals surface area (Å²) in [5.41, 5.74) is 2.27. The van der Waals surface area contributed by atoms with E-state index in [2.05, 4.69) is 5.32 Å². The van der Waals surface area contributed by atoms with Crippen molar-refractivity contribution < 1.29 is 23.0 Å². The summed E-state index contributed by atoms with van der Waals surface area (Å²) < 4.78 is 38.7. The number of methoxy groups -OCH3 is 2. The van der Waals surface area contributed by atoms with Crippen LogP contribution in [0.4, 0.5) is 19.3 Å². The van der Waals surface area contributed by atoms with Crippen LogP contribution in [0.3, 0.4) is 0 Å². The van der Waals surface area contributed by atoms with Crippen molar-refractivity contribution in [3.63, 3.8) is 0 Å². The van der Waals surface area contributed by atoms with Gasteiger partial charge in [0.2, 0.25) is 0 Å². The third kappa shape index (κ3) is 4.08. The first-order chi connectivity index (χ1) is 15.4. The fraction of sp³-hybridized carbons (Fsp3) is 0.208. The Kier molecular flexibility index (Phi) is 6.19. The van der Waals surface area contributed by atoms with Crippen LogP contribution in [-0.4, -0.2) is 31.7 Å². The van der Waals surface area contributed by atoms with Gasteiger partial charge in [-0.1, -0.05) is 29.8 Å². The second kappa shape index (κ2) is 9.04. The third-order valence-electron chi connectivity index (χ3n) is 5.50. The fourth-order valence-corrected chi connectivity index (χ4v) is 4.22. The third-order valence-corrected chi connectivity index (χ3v) is 5.85. The molecular weight excluding hydrogens is 438 g/mol. The van der Waals surface area contributed by atoms with Gasteiger partial charge in [-0.15, -0.1) is 0 Å². The fourth-order valence-electron chi connectivity index (χ4n) is 3.98. The van der Waals surface area contributed by atoms with E-state index >= 15 is 0 Å². The molecule has 1 aliphatic heterocycles. The number of rotatable bonds is 4. The topological polar surface area (TPSA) is 50.8 Å². The highest BCUT2D eigenvalue weighted by atomic mass is 35.5. The second-order valence-corrected chi connectivity index (χ2v) is 7.73. The van der Waals surface area contributed by atoms with Crippen molar-refractivity contribution in [1.29, 1.82) is 0 Å². The lowest BCUT2D eigenvalue weighted by Crippen LogP contribution is -2.43. The highest BCUT2D eigenvalue weighted by Gasteiger charge is 2.34. The molecule has 0 spiro atoms. The van der Waals surface area contributed by atoms with Crippen LogP contribution in [0.2, 0.25) is 5.02 Å². The van der Waals surface area contributed by atoms with Crippen molar-refractivity contribution in [1.82, 2.24) is 4.90 Å². The Balaban J connectivity index is 1.80. The summed E-state index contributed by atoms with van der Waals surface area (Å²) in [5.74, 6) is -0.270. The van der Waals surface area contributed by atoms with Gasteiger partial charge in [-0.05, 0) is 53.4 Å². The normalized spacial score (nSPS) is 15.2. The van der Waals surface area contributed by atoms with Gasteiger partial charge in [-0.3, -0.25) is 0 Å². The van der Waals surface area contributed by atoms with Crippen molar-refractivity contribution in [3.8, 4) is 11.5 Å². The number of carbonyl (C=O) groups is 1. The van der Waals surface area contributed by atoms with E-state index < -0.39 is 23.7 Å². The van der Waals surface area contributed by atoms with E-state index in [0.29, 0.717) is 35.1 Å². The number of benzene rings is 3. The molecule has 166 valence electrons. The quantitative estimate of drug-likeness (QED) is 0.536. The van der Waals surface area contributed by atoms with Crippen molar-refractivity contribution in [3.05, 3.63) is 87.9 Å². The Morgan fingerprint density at radius 1 is 1.03 bits per heavy atom. The molecule has 3 aromatic rings. The molecule has 3 aromatic carbocycles. The second-order valence-electron chi connectivity index (χ2n) is 7.33. The summed E-state index contributed by atoms with van der Waals surface area (Å²) in [6, 6.07) is 12.7. The number of nitrogens with one attached hydrogen (secondary N) is 1. The maximum absolute atomic E-state index is 14.2. The summed E-state index contributed by atoms with van der Waals surface area (Å²) in [7, 11) is 3.10. The van der Waals surface area contributed by atoms with Gasteiger partial charge in [-0.2, -0.15) is 0 Å². The number of nitrogens with zero attached hydrogens (tertiary/aromatic N) is 1. The standard InChI is InChI=1S/C24H21ClF2N2O3/c1-31-21-11-14-9-10-29(24(30)28-20-12-15(26)7-8-19(20)27)23(17(14)13-22(21)32-2)16-5-3-4-6-18(16)25/h3-8,11-13,23H,9-10H2,1-2H3,(H,28,30)/t23-/m1/s1. The molecule has 0 aliphatic carbocycles. The molecule has 5 nitrogen and oxygen atoms in total. The Bertz CT molecular complexity index is 1170. The van der Waals surface area contributed by atoms with Gasteiger partial charge in [0.15, 0.2) is 11.5 Å². The zero-order valence-corrected chi connectivity index (χ0v) is 18.2. The molecule has 0 saturated carbocycles. The maximum Gasteiger partial charge on any atom is 0.322 e. The minimum absolute atomic E-state index is 0.231. The highest BCUT2D eigenvalue weighted by molar-refractivity contribution is 6.31. The zero-order chi connectivity index (χ0) is 22.8. The van der Waals surface area contributed by atoms with Crippen LogP contribution in [-0.2, 0) is 6.42 Å². The largest absolute Gasteiger partial charge is 0.493 e. The summed E-state index contributed by atoms with van der Waals surface area (Å²) in [6.07, 6.45) is 0.537. The molecule has 1 atom stereocenters. The van der Waals surface area contributed by atoms with E-state index in [1.807, 2.05) is 24.3 Å². The monoisotopic (exact) mass is 458 g/mol. The van der Waals surface area contributed by atoms with Gasteiger partial charge in [0.05, 0.1) is 25.9 Å². The van der Waals surface area contributed by atoms with E-state index in [4.69, 9.17) is 21.1 Å². The number of hydrogen-bond acceptors (Lipinski definition) is 3. The van der Waals surface area contributed by atoms with E-state index in [-0.39, 0.29) is 5.69 Å². The molecular formula is C24H21ClF2N2O3. The lowest BCUT2D eigenvalue weighted by atomic mass is 9.87. The SMILES string of the molecule is COc1cc2c(cc1OC)[C@@H](c1ccccc1Cl)N(C(=O)Nc1cc(F)ccc1F)CC2. The van der Waals surface area contributed by atoms with Gasteiger partial charge < -0.3 is 19.7 Å². The van der Waals surface area contributed by atoms with Crippen LogP contribution in [0.25, 0.3) is 0 Å². The predicted molar refractivity (Wildman–Crippen MR) is 119 cm³/mol. The van der Waals surface area contributed by atoms with Crippen molar-refractivity contribution >= 4 is 23.3 Å². The lowest BCUT2D eigenvalue weighted by Gasteiger charge is -2.38. The predicted octanol–water partition coefficient (Wildman–Crippen LogP) is 5.82. The summed E-state index contributed by atoms with van der Waals surface area (Å²) in [5, 5.41) is 2.98. The van der Waals surface area contributed by atoms with Gasteiger partial charge in [0.25, 0.3) is 0 Å². The number of amides is 2. The molecule has 0 aromatic heterocycles. The van der Waals surface area contributed by atoms with Crippen LogP contribution in [0, 0.1) is 11.6 Å². The summed E-state index contributed by atoms with van der Waals surface area (Å²) in [4.78, 5) is 14.8. The number of hydrogen-bond donors (Lipinski definition) is 1. The lowest BCUT2D eigenvalue weighted by molar-refractivity contribution is 0.193. The molecule has 2 amide bonds. The molecule has 0 unspecified atom stereocenters. The van der Waals surface area contributed by atoms with Crippen molar-refractivity contribution in [2.24, 2.45) is 0 Å². The molecule has 0 bridgehead atoms. The van der Waals surface area contributed by atoms with Crippen LogP contribution < -0.4 is 14.8 Å². The van der Waals surface area contributed by atoms with Gasteiger partial charge >= 0.3 is 6.03 Å². The van der Waals surface area contributed by atoms with Crippen LogP contribution >= 0.6 is 11.6 Å². The minimum atomic E-state index is -0.724. The molecule has 1 heterocycles. The van der Waals surface area contributed by atoms with Crippen LogP contribution in [0.15, 0.2) is 54.6 Å². The molecule has 0 radical (unpaired) electrons. The van der Waals surface area contributed by atoms with Crippen molar-refractivity contribution in [2.45, 2.75) is 12.5 Å². The zero-order valence-electron chi connectivity index (χ0n) is 17.5. The average molecular weight is 459 g/mol. The van der Waals surface area contributed by atoms with Gasteiger partial charge in [-0.25, -0.2) is 13.6 Å². The van der Waals surface area contributed by atoms with E-state index in [9.17, 15) is 13.6 Å². The first-order valence-corrected chi connectivity index (χ1v) is 10.3. The summed E-state index contributed by atoms with van der Waals surface area (Å²) >= 11 is 6.51. The number of carbonyl (C=O) groups excluding carboxylic acids is 1. The molecule has 4 rings (SSSR count). The molecule has 8 heteroatoms. The van der Waals surface area contributed by atoms with E-state index in [1.165, 1.54) is 7.11 Å². The van der Waals surface area contributed by atoms with Crippen molar-refractivity contribution in [2.75, 3.05) is 26.1 Å². The molecule has 0 fully saturated rings. The van der Waals surface area contributed by atoms with Gasteiger partial charge in [0, 0.05) is 17.6 Å². The number of anilines is 1. The minimum Gasteiger partial charge on any atom is -0.493 e. The Morgan fingerprint density at radius 3 is 2.47 bits per heavy atom. The van der Waals surface area contributed by atoms with E-state index in [1.54, 1.807) is 24.1 Å². The molecule has 1 aliphatic rings. The summed E-state index contributed by atoms with van der Waals surface area (Å²) in [6.45, 7) is 0.334. The smallest absolute Gasteiger partial charge is 0.322 e. The highest BCUT2D eigenvalue weighted by Crippen LogP contribution is 2.43. The number of halogens is 3.